The lowest BCUT2D eigenvalue weighted by Gasteiger charge is -2.17. The molecule has 3 rings (SSSR count). The maximum Gasteiger partial charge on any atom is 0.221 e. The smallest absolute Gasteiger partial charge is 0.221 e. The highest BCUT2D eigenvalue weighted by molar-refractivity contribution is 7.99. The molecule has 0 aliphatic heterocycles. The molecule has 1 aromatic carbocycles. The summed E-state index contributed by atoms with van der Waals surface area (Å²) in [7, 11) is 0. The van der Waals surface area contributed by atoms with Crippen LogP contribution in [0.3, 0.4) is 0 Å². The highest BCUT2D eigenvalue weighted by Crippen LogP contribution is 2.25. The van der Waals surface area contributed by atoms with Gasteiger partial charge in [0.15, 0.2) is 0 Å². The third-order valence-electron chi connectivity index (χ3n) is 4.03. The zero-order valence-corrected chi connectivity index (χ0v) is 16.4. The van der Waals surface area contributed by atoms with Crippen LogP contribution < -0.4 is 5.32 Å². The first-order chi connectivity index (χ1) is 12.7. The molecule has 4 nitrogen and oxygen atoms in total. The van der Waals surface area contributed by atoms with E-state index in [0.717, 1.165) is 30.8 Å². The van der Waals surface area contributed by atoms with Crippen LogP contribution in [0.25, 0.3) is 0 Å². The Balaban J connectivity index is 1.56. The fourth-order valence-corrected chi connectivity index (χ4v) is 4.62. The summed E-state index contributed by atoms with van der Waals surface area (Å²) in [6, 6.07) is 12.4. The summed E-state index contributed by atoms with van der Waals surface area (Å²) in [6.45, 7) is 2.50. The number of imidazole rings is 1. The van der Waals surface area contributed by atoms with Crippen molar-refractivity contribution in [2.45, 2.75) is 37.3 Å². The molecule has 0 aliphatic rings. The Labute approximate surface area is 162 Å². The zero-order chi connectivity index (χ0) is 18.2. The molecule has 1 unspecified atom stereocenters. The van der Waals surface area contributed by atoms with Gasteiger partial charge in [-0.05, 0) is 42.0 Å². The van der Waals surface area contributed by atoms with Crippen molar-refractivity contribution in [2.24, 2.45) is 0 Å². The molecule has 0 aliphatic carbocycles. The lowest BCUT2D eigenvalue weighted by Crippen LogP contribution is -2.13. The Bertz CT molecular complexity index is 783. The summed E-state index contributed by atoms with van der Waals surface area (Å²) in [6.07, 6.45) is 8.02. The van der Waals surface area contributed by atoms with Gasteiger partial charge in [-0.2, -0.15) is 11.8 Å². The molecule has 0 saturated carbocycles. The van der Waals surface area contributed by atoms with E-state index in [4.69, 9.17) is 0 Å². The molecule has 26 heavy (non-hydrogen) atoms. The second kappa shape index (κ2) is 9.59. The van der Waals surface area contributed by atoms with Crippen LogP contribution in [-0.2, 0) is 23.5 Å². The standard InChI is InChI=1S/C20H23N3OS2/c1-16(24)22-18-6-4-17(5-7-18)14-26-20(13-23-11-10-21-15-23)9-8-19-3-2-12-25-19/h2-7,10-12,15,20H,8-9,13-14H2,1H3,(H,22,24). The molecule has 0 fully saturated rings. The van der Waals surface area contributed by atoms with Gasteiger partial charge in [0.1, 0.15) is 0 Å². The van der Waals surface area contributed by atoms with Gasteiger partial charge in [-0.25, -0.2) is 4.98 Å². The normalized spacial score (nSPS) is 12.0. The average Bonchev–Trinajstić information content (AvgIpc) is 3.32. The number of thioether (sulfide) groups is 1. The van der Waals surface area contributed by atoms with Crippen molar-refractivity contribution in [3.8, 4) is 0 Å². The number of nitrogens with zero attached hydrogens (tertiary/aromatic N) is 2. The van der Waals surface area contributed by atoms with Crippen molar-refractivity contribution in [3.05, 3.63) is 70.9 Å². The van der Waals surface area contributed by atoms with Crippen LogP contribution in [0, 0.1) is 0 Å². The van der Waals surface area contributed by atoms with E-state index >= 15 is 0 Å². The molecular formula is C20H23N3OS2. The minimum atomic E-state index is -0.0406. The molecule has 0 spiro atoms. The predicted octanol–water partition coefficient (Wildman–Crippen LogP) is 4.84. The van der Waals surface area contributed by atoms with Crippen LogP contribution in [0.1, 0.15) is 23.8 Å². The van der Waals surface area contributed by atoms with Crippen LogP contribution in [0.2, 0.25) is 0 Å². The maximum absolute atomic E-state index is 11.1. The van der Waals surface area contributed by atoms with Crippen molar-refractivity contribution in [1.82, 2.24) is 9.55 Å². The molecule has 2 aromatic heterocycles. The van der Waals surface area contributed by atoms with E-state index < -0.39 is 0 Å². The second-order valence-corrected chi connectivity index (χ2v) is 8.51. The average molecular weight is 386 g/mol. The third-order valence-corrected chi connectivity index (χ3v) is 6.32. The summed E-state index contributed by atoms with van der Waals surface area (Å²) < 4.78 is 2.16. The van der Waals surface area contributed by atoms with Crippen molar-refractivity contribution < 1.29 is 4.79 Å². The Hall–Kier alpha value is -2.05. The van der Waals surface area contributed by atoms with E-state index in [-0.39, 0.29) is 5.91 Å². The molecule has 0 bridgehead atoms. The molecule has 0 saturated heterocycles. The van der Waals surface area contributed by atoms with Gasteiger partial charge in [0.25, 0.3) is 0 Å². The monoisotopic (exact) mass is 385 g/mol. The summed E-state index contributed by atoms with van der Waals surface area (Å²) >= 11 is 3.81. The third kappa shape index (κ3) is 6.04. The van der Waals surface area contributed by atoms with E-state index in [2.05, 4.69) is 44.5 Å². The Morgan fingerprint density at radius 1 is 1.31 bits per heavy atom. The summed E-state index contributed by atoms with van der Waals surface area (Å²) in [5.74, 6) is 0.922. The van der Waals surface area contributed by atoms with Crippen LogP contribution in [0.15, 0.2) is 60.5 Å². The molecule has 0 radical (unpaired) electrons. The predicted molar refractivity (Wildman–Crippen MR) is 111 cm³/mol. The highest BCUT2D eigenvalue weighted by Gasteiger charge is 2.12. The number of hydrogen-bond acceptors (Lipinski definition) is 4. The Morgan fingerprint density at radius 2 is 2.15 bits per heavy atom. The number of thiophene rings is 1. The lowest BCUT2D eigenvalue weighted by atomic mass is 10.2. The first-order valence-electron chi connectivity index (χ1n) is 8.65. The number of aryl methyl sites for hydroxylation is 1. The van der Waals surface area contributed by atoms with Crippen molar-refractivity contribution in [3.63, 3.8) is 0 Å². The summed E-state index contributed by atoms with van der Waals surface area (Å²) in [5, 5.41) is 5.48. The summed E-state index contributed by atoms with van der Waals surface area (Å²) in [5.41, 5.74) is 2.12. The number of carbonyl (C=O) groups is 1. The molecule has 1 amide bonds. The van der Waals surface area contributed by atoms with Gasteiger partial charge < -0.3 is 9.88 Å². The number of amides is 1. The van der Waals surface area contributed by atoms with Crippen LogP contribution >= 0.6 is 23.1 Å². The molecule has 1 atom stereocenters. The molecule has 6 heteroatoms. The first-order valence-corrected chi connectivity index (χ1v) is 10.6. The van der Waals surface area contributed by atoms with Gasteiger partial charge in [-0.1, -0.05) is 18.2 Å². The van der Waals surface area contributed by atoms with Gasteiger partial charge in [-0.3, -0.25) is 4.79 Å². The number of aromatic nitrogens is 2. The van der Waals surface area contributed by atoms with Gasteiger partial charge >= 0.3 is 0 Å². The molecular weight excluding hydrogens is 362 g/mol. The molecule has 1 N–H and O–H groups in total. The number of carbonyl (C=O) groups excluding carboxylic acids is 1. The Morgan fingerprint density at radius 3 is 2.81 bits per heavy atom. The number of rotatable bonds is 9. The van der Waals surface area contributed by atoms with Crippen LogP contribution in [0.4, 0.5) is 5.69 Å². The number of nitrogens with one attached hydrogen (secondary N) is 1. The fraction of sp³-hybridized carbons (Fsp3) is 0.300. The topological polar surface area (TPSA) is 46.9 Å². The minimum absolute atomic E-state index is 0.0406. The molecule has 2 heterocycles. The van der Waals surface area contributed by atoms with Crippen molar-refractivity contribution in [1.29, 1.82) is 0 Å². The van der Waals surface area contributed by atoms with E-state index in [9.17, 15) is 4.79 Å². The van der Waals surface area contributed by atoms with Gasteiger partial charge in [0.2, 0.25) is 5.91 Å². The van der Waals surface area contributed by atoms with Crippen LogP contribution in [0.5, 0.6) is 0 Å². The highest BCUT2D eigenvalue weighted by atomic mass is 32.2. The number of benzene rings is 1. The number of anilines is 1. The van der Waals surface area contributed by atoms with E-state index in [1.54, 1.807) is 0 Å². The zero-order valence-electron chi connectivity index (χ0n) is 14.8. The molecule has 3 aromatic rings. The largest absolute Gasteiger partial charge is 0.336 e. The van der Waals surface area contributed by atoms with Gasteiger partial charge in [-0.15, -0.1) is 11.3 Å². The lowest BCUT2D eigenvalue weighted by molar-refractivity contribution is -0.114. The minimum Gasteiger partial charge on any atom is -0.336 e. The molecule has 136 valence electrons. The quantitative estimate of drug-likeness (QED) is 0.573. The number of hydrogen-bond donors (Lipinski definition) is 1. The first kappa shape index (κ1) is 18.7. The van der Waals surface area contributed by atoms with Crippen molar-refractivity contribution in [2.75, 3.05) is 5.32 Å². The summed E-state index contributed by atoms with van der Waals surface area (Å²) in [4.78, 5) is 16.7. The van der Waals surface area contributed by atoms with Crippen molar-refractivity contribution >= 4 is 34.7 Å². The second-order valence-electron chi connectivity index (χ2n) is 6.19. The van der Waals surface area contributed by atoms with Crippen LogP contribution in [-0.4, -0.2) is 20.7 Å². The van der Waals surface area contributed by atoms with E-state index in [0.29, 0.717) is 5.25 Å². The Kier molecular flexibility index (Phi) is 6.91. The maximum atomic E-state index is 11.1. The van der Waals surface area contributed by atoms with E-state index in [1.165, 1.54) is 17.4 Å². The SMILES string of the molecule is CC(=O)Nc1ccc(CSC(CCc2cccs2)Cn2ccnc2)cc1. The van der Waals surface area contributed by atoms with Gasteiger partial charge in [0, 0.05) is 47.4 Å². The van der Waals surface area contributed by atoms with E-state index in [1.807, 2.05) is 54.0 Å². The van der Waals surface area contributed by atoms with Gasteiger partial charge in [0.05, 0.1) is 6.33 Å². The fourth-order valence-electron chi connectivity index (χ4n) is 2.72.